The molecular formula is C58H105O11P. The standard InChI is InChI=1S/C58H105O11P/c1-4-7-10-13-16-19-22-25-26-27-28-31-34-37-40-43-46-49-58(62)69-55(51-65-56(60)47-44-41-38-35-32-29-23-20-17-14-11-8-5-2)53-67-70(63,64)66-52-54(50-59)68-57(61)48-45-42-39-36-33-30-24-21-18-15-12-9-6-3/h11-12,14-15,20-21,23-24,54-55,59H,4-10,13,16-19,22,25-53H2,1-3H3,(H,63,64)/b14-11-,15-12-,23-20-,24-21-. The van der Waals surface area contributed by atoms with Gasteiger partial charge in [0, 0.05) is 19.3 Å². The second-order valence-corrected chi connectivity index (χ2v) is 20.6. The van der Waals surface area contributed by atoms with Gasteiger partial charge in [0.25, 0.3) is 0 Å². The molecule has 0 aliphatic heterocycles. The van der Waals surface area contributed by atoms with Gasteiger partial charge in [0.2, 0.25) is 0 Å². The van der Waals surface area contributed by atoms with E-state index < -0.39 is 57.8 Å². The van der Waals surface area contributed by atoms with Crippen LogP contribution in [0.25, 0.3) is 0 Å². The summed E-state index contributed by atoms with van der Waals surface area (Å²) in [6.45, 7) is 4.51. The van der Waals surface area contributed by atoms with Crippen molar-refractivity contribution in [3.63, 3.8) is 0 Å². The van der Waals surface area contributed by atoms with Crippen LogP contribution in [-0.2, 0) is 42.2 Å². The summed E-state index contributed by atoms with van der Waals surface area (Å²) in [6, 6.07) is 0. The fraction of sp³-hybridized carbons (Fsp3) is 0.810. The largest absolute Gasteiger partial charge is 0.472 e. The first kappa shape index (κ1) is 67.4. The first-order valence-corrected chi connectivity index (χ1v) is 30.0. The van der Waals surface area contributed by atoms with Crippen molar-refractivity contribution in [1.29, 1.82) is 0 Å². The third-order valence-electron chi connectivity index (χ3n) is 12.2. The maximum Gasteiger partial charge on any atom is 0.472 e. The van der Waals surface area contributed by atoms with E-state index in [1.54, 1.807) is 0 Å². The van der Waals surface area contributed by atoms with Gasteiger partial charge in [-0.05, 0) is 70.6 Å². The molecule has 3 unspecified atom stereocenters. The molecule has 0 heterocycles. The summed E-state index contributed by atoms with van der Waals surface area (Å²) in [5.41, 5.74) is 0. The zero-order valence-electron chi connectivity index (χ0n) is 45.0. The summed E-state index contributed by atoms with van der Waals surface area (Å²) in [5, 5.41) is 9.79. The number of unbranched alkanes of at least 4 members (excludes halogenated alkanes) is 28. The van der Waals surface area contributed by atoms with Gasteiger partial charge in [0.1, 0.15) is 12.7 Å². The number of phosphoric acid groups is 1. The van der Waals surface area contributed by atoms with Crippen LogP contribution >= 0.6 is 7.82 Å². The second kappa shape index (κ2) is 52.8. The molecule has 0 radical (unpaired) electrons. The number of hydrogen-bond acceptors (Lipinski definition) is 10. The number of carbonyl (C=O) groups excluding carboxylic acids is 3. The van der Waals surface area contributed by atoms with E-state index >= 15 is 0 Å². The molecule has 70 heavy (non-hydrogen) atoms. The molecule has 0 aliphatic carbocycles. The van der Waals surface area contributed by atoms with E-state index in [2.05, 4.69) is 69.4 Å². The van der Waals surface area contributed by atoms with E-state index in [1.165, 1.54) is 96.3 Å². The van der Waals surface area contributed by atoms with E-state index in [-0.39, 0.29) is 25.9 Å². The van der Waals surface area contributed by atoms with Gasteiger partial charge in [0.05, 0.1) is 19.8 Å². The molecule has 0 amide bonds. The minimum Gasteiger partial charge on any atom is -0.462 e. The summed E-state index contributed by atoms with van der Waals surface area (Å²) in [6.07, 6.45) is 55.0. The van der Waals surface area contributed by atoms with Crippen molar-refractivity contribution in [3.05, 3.63) is 48.6 Å². The van der Waals surface area contributed by atoms with Crippen molar-refractivity contribution in [2.24, 2.45) is 0 Å². The van der Waals surface area contributed by atoms with E-state index in [4.69, 9.17) is 23.3 Å². The predicted octanol–water partition coefficient (Wildman–Crippen LogP) is 16.6. The average molecular weight is 1010 g/mol. The fourth-order valence-electron chi connectivity index (χ4n) is 7.84. The van der Waals surface area contributed by atoms with Gasteiger partial charge in [-0.1, -0.05) is 223 Å². The van der Waals surface area contributed by atoms with Gasteiger partial charge in [-0.25, -0.2) is 4.57 Å². The molecule has 0 fully saturated rings. The van der Waals surface area contributed by atoms with Crippen LogP contribution in [-0.4, -0.2) is 66.5 Å². The predicted molar refractivity (Wildman–Crippen MR) is 289 cm³/mol. The van der Waals surface area contributed by atoms with Gasteiger partial charge in [-0.2, -0.15) is 0 Å². The monoisotopic (exact) mass is 1010 g/mol. The van der Waals surface area contributed by atoms with Gasteiger partial charge in [-0.15, -0.1) is 0 Å². The van der Waals surface area contributed by atoms with E-state index in [0.717, 1.165) is 109 Å². The molecule has 11 nitrogen and oxygen atoms in total. The smallest absolute Gasteiger partial charge is 0.462 e. The number of carbonyl (C=O) groups is 3. The number of hydrogen-bond donors (Lipinski definition) is 2. The van der Waals surface area contributed by atoms with Crippen molar-refractivity contribution in [1.82, 2.24) is 0 Å². The number of allylic oxidation sites excluding steroid dienone is 8. The Kier molecular flexibility index (Phi) is 50.8. The molecule has 12 heteroatoms. The highest BCUT2D eigenvalue weighted by atomic mass is 31.2. The maximum absolute atomic E-state index is 12.9. The van der Waals surface area contributed by atoms with E-state index in [0.29, 0.717) is 19.3 Å². The number of esters is 3. The van der Waals surface area contributed by atoms with E-state index in [9.17, 15) is 28.9 Å². The molecule has 0 spiro atoms. The summed E-state index contributed by atoms with van der Waals surface area (Å²) >= 11 is 0. The lowest BCUT2D eigenvalue weighted by atomic mass is 10.0. The lowest BCUT2D eigenvalue weighted by molar-refractivity contribution is -0.161. The number of phosphoric ester groups is 1. The Bertz CT molecular complexity index is 1360. The van der Waals surface area contributed by atoms with Crippen molar-refractivity contribution in [2.75, 3.05) is 26.4 Å². The SMILES string of the molecule is CCC/C=C\C/C=C\CCCCCCCC(=O)OCC(COP(=O)(O)OCC(CO)OC(=O)CCCCCCC/C=C\C/C=C\CCC)OC(=O)CCCCCCCCCCCCCCCCCCC. The van der Waals surface area contributed by atoms with Crippen LogP contribution < -0.4 is 0 Å². The topological polar surface area (TPSA) is 155 Å². The summed E-state index contributed by atoms with van der Waals surface area (Å²) in [7, 11) is -4.75. The Hall–Kier alpha value is -2.56. The van der Waals surface area contributed by atoms with Crippen molar-refractivity contribution in [2.45, 2.75) is 277 Å². The third-order valence-corrected chi connectivity index (χ3v) is 13.1. The molecular weight excluding hydrogens is 904 g/mol. The van der Waals surface area contributed by atoms with Crippen molar-refractivity contribution in [3.8, 4) is 0 Å². The molecule has 3 atom stereocenters. The summed E-state index contributed by atoms with van der Waals surface area (Å²) < 4.78 is 39.5. The molecule has 0 aliphatic rings. The quantitative estimate of drug-likeness (QED) is 0.0197. The number of ether oxygens (including phenoxy) is 3. The molecule has 408 valence electrons. The highest BCUT2D eigenvalue weighted by Crippen LogP contribution is 2.43. The molecule has 2 N–H and O–H groups in total. The molecule has 0 saturated heterocycles. The Morgan fingerprint density at radius 2 is 0.729 bits per heavy atom. The number of aliphatic hydroxyl groups is 1. The summed E-state index contributed by atoms with van der Waals surface area (Å²) in [5.74, 6) is -1.48. The lowest BCUT2D eigenvalue weighted by Gasteiger charge is -2.21. The first-order chi connectivity index (χ1) is 34.2. The van der Waals surface area contributed by atoms with Crippen LogP contribution in [0.1, 0.15) is 265 Å². The number of rotatable bonds is 53. The molecule has 0 saturated carbocycles. The van der Waals surface area contributed by atoms with Crippen LogP contribution in [0.5, 0.6) is 0 Å². The van der Waals surface area contributed by atoms with Crippen LogP contribution in [0.2, 0.25) is 0 Å². The van der Waals surface area contributed by atoms with Crippen LogP contribution in [0.15, 0.2) is 48.6 Å². The zero-order valence-corrected chi connectivity index (χ0v) is 45.9. The number of aliphatic hydroxyl groups excluding tert-OH is 1. The lowest BCUT2D eigenvalue weighted by Crippen LogP contribution is -2.30. The average Bonchev–Trinajstić information content (AvgIpc) is 3.35. The van der Waals surface area contributed by atoms with Gasteiger partial charge in [0.15, 0.2) is 6.10 Å². The molecule has 0 bridgehead atoms. The normalized spacial score (nSPS) is 13.7. The van der Waals surface area contributed by atoms with Crippen LogP contribution in [0, 0.1) is 0 Å². The highest BCUT2D eigenvalue weighted by molar-refractivity contribution is 7.47. The Morgan fingerprint density at radius 3 is 1.11 bits per heavy atom. The molecule has 0 rings (SSSR count). The Morgan fingerprint density at radius 1 is 0.400 bits per heavy atom. The zero-order chi connectivity index (χ0) is 51.3. The van der Waals surface area contributed by atoms with Crippen molar-refractivity contribution >= 4 is 25.7 Å². The minimum absolute atomic E-state index is 0.161. The first-order valence-electron chi connectivity index (χ1n) is 28.5. The Labute approximate surface area is 428 Å². The molecule has 0 aromatic rings. The third kappa shape index (κ3) is 50.4. The maximum atomic E-state index is 12.9. The molecule has 0 aromatic carbocycles. The molecule has 0 aromatic heterocycles. The fourth-order valence-corrected chi connectivity index (χ4v) is 8.63. The van der Waals surface area contributed by atoms with Crippen LogP contribution in [0.3, 0.4) is 0 Å². The second-order valence-electron chi connectivity index (χ2n) is 19.1. The minimum atomic E-state index is -4.75. The van der Waals surface area contributed by atoms with Crippen LogP contribution in [0.4, 0.5) is 0 Å². The van der Waals surface area contributed by atoms with Gasteiger partial charge < -0.3 is 24.2 Å². The van der Waals surface area contributed by atoms with Gasteiger partial charge in [-0.3, -0.25) is 23.4 Å². The van der Waals surface area contributed by atoms with Gasteiger partial charge >= 0.3 is 25.7 Å². The summed E-state index contributed by atoms with van der Waals surface area (Å²) in [4.78, 5) is 48.5. The van der Waals surface area contributed by atoms with E-state index in [1.807, 2.05) is 0 Å². The van der Waals surface area contributed by atoms with Crippen molar-refractivity contribution < 1.29 is 52.2 Å². The Balaban J connectivity index is 4.72. The highest BCUT2D eigenvalue weighted by Gasteiger charge is 2.28.